The normalized spacial score (nSPS) is 14.8. The monoisotopic (exact) mass is 318 g/mol. The summed E-state index contributed by atoms with van der Waals surface area (Å²) in [6.07, 6.45) is 5.70. The Morgan fingerprint density at radius 1 is 1.26 bits per heavy atom. The molecule has 0 atom stereocenters. The zero-order chi connectivity index (χ0) is 16.7. The molecular formula is C17H26N4O2. The largest absolute Gasteiger partial charge is 0.351 e. The van der Waals surface area contributed by atoms with Crippen LogP contribution in [0.15, 0.2) is 18.3 Å². The van der Waals surface area contributed by atoms with Crippen LogP contribution in [-0.2, 0) is 0 Å². The summed E-state index contributed by atoms with van der Waals surface area (Å²) in [6, 6.07) is 3.28. The van der Waals surface area contributed by atoms with Gasteiger partial charge in [-0.2, -0.15) is 0 Å². The molecule has 1 fully saturated rings. The van der Waals surface area contributed by atoms with Crippen LogP contribution in [0.4, 0.5) is 0 Å². The van der Waals surface area contributed by atoms with Gasteiger partial charge in [0, 0.05) is 31.4 Å². The predicted molar refractivity (Wildman–Crippen MR) is 89.5 cm³/mol. The minimum Gasteiger partial charge on any atom is -0.351 e. The Hall–Kier alpha value is -1.95. The van der Waals surface area contributed by atoms with Crippen LogP contribution in [0.3, 0.4) is 0 Å². The van der Waals surface area contributed by atoms with Gasteiger partial charge in [-0.25, -0.2) is 0 Å². The molecule has 0 radical (unpaired) electrons. The van der Waals surface area contributed by atoms with Gasteiger partial charge in [-0.1, -0.05) is 0 Å². The topological polar surface area (TPSA) is 65.5 Å². The molecule has 0 bridgehead atoms. The molecule has 126 valence electrons. The second kappa shape index (κ2) is 8.62. The van der Waals surface area contributed by atoms with Crippen LogP contribution in [0.25, 0.3) is 0 Å². The maximum atomic E-state index is 12.5. The summed E-state index contributed by atoms with van der Waals surface area (Å²) < 4.78 is 0. The van der Waals surface area contributed by atoms with Crippen molar-refractivity contribution < 1.29 is 9.59 Å². The van der Waals surface area contributed by atoms with Crippen molar-refractivity contribution in [2.24, 2.45) is 0 Å². The molecule has 0 saturated carbocycles. The highest BCUT2D eigenvalue weighted by Gasteiger charge is 2.19. The van der Waals surface area contributed by atoms with Crippen molar-refractivity contribution in [1.29, 1.82) is 0 Å². The third-order valence-electron chi connectivity index (χ3n) is 3.95. The molecule has 2 rings (SSSR count). The Bertz CT molecular complexity index is 539. The third-order valence-corrected chi connectivity index (χ3v) is 3.95. The number of rotatable bonds is 6. The molecule has 0 spiro atoms. The predicted octanol–water partition coefficient (Wildman–Crippen LogP) is 1.39. The Morgan fingerprint density at radius 2 is 2.00 bits per heavy atom. The number of hydrogen-bond donors (Lipinski definition) is 1. The Balaban J connectivity index is 1.93. The van der Waals surface area contributed by atoms with Crippen LogP contribution in [0, 0.1) is 0 Å². The maximum Gasteiger partial charge on any atom is 0.269 e. The molecule has 0 aromatic carbocycles. The number of nitrogens with one attached hydrogen (secondary N) is 1. The van der Waals surface area contributed by atoms with Crippen LogP contribution >= 0.6 is 0 Å². The summed E-state index contributed by atoms with van der Waals surface area (Å²) in [5, 5.41) is 2.85. The average molecular weight is 318 g/mol. The SMILES string of the molecule is CN(C)CCCNC(=O)c1cc(C(=O)N2CCCCC2)ccn1. The Labute approximate surface area is 137 Å². The summed E-state index contributed by atoms with van der Waals surface area (Å²) >= 11 is 0. The average Bonchev–Trinajstić information content (AvgIpc) is 2.58. The zero-order valence-corrected chi connectivity index (χ0v) is 14.0. The summed E-state index contributed by atoms with van der Waals surface area (Å²) in [5.74, 6) is -0.231. The van der Waals surface area contributed by atoms with Crippen molar-refractivity contribution in [3.05, 3.63) is 29.6 Å². The van der Waals surface area contributed by atoms with E-state index >= 15 is 0 Å². The van der Waals surface area contributed by atoms with Gasteiger partial charge >= 0.3 is 0 Å². The van der Waals surface area contributed by atoms with E-state index in [0.29, 0.717) is 17.8 Å². The number of nitrogens with zero attached hydrogens (tertiary/aromatic N) is 3. The molecule has 6 heteroatoms. The van der Waals surface area contributed by atoms with E-state index in [9.17, 15) is 9.59 Å². The molecule has 2 heterocycles. The summed E-state index contributed by atoms with van der Waals surface area (Å²) in [5.41, 5.74) is 0.845. The van der Waals surface area contributed by atoms with Crippen molar-refractivity contribution in [1.82, 2.24) is 20.1 Å². The van der Waals surface area contributed by atoms with E-state index in [1.165, 1.54) is 12.6 Å². The quantitative estimate of drug-likeness (QED) is 0.805. The van der Waals surface area contributed by atoms with Gasteiger partial charge < -0.3 is 15.1 Å². The lowest BCUT2D eigenvalue weighted by Gasteiger charge is -2.26. The first-order valence-corrected chi connectivity index (χ1v) is 8.26. The first kappa shape index (κ1) is 17.4. The molecule has 0 aliphatic carbocycles. The molecule has 1 aromatic heterocycles. The lowest BCUT2D eigenvalue weighted by Crippen LogP contribution is -2.36. The fourth-order valence-corrected chi connectivity index (χ4v) is 2.66. The standard InChI is InChI=1S/C17H26N4O2/c1-20(2)10-6-8-19-16(22)15-13-14(7-9-18-15)17(23)21-11-4-3-5-12-21/h7,9,13H,3-6,8,10-12H2,1-2H3,(H,19,22). The fraction of sp³-hybridized carbons (Fsp3) is 0.588. The maximum absolute atomic E-state index is 12.5. The molecule has 23 heavy (non-hydrogen) atoms. The molecule has 1 aromatic rings. The van der Waals surface area contributed by atoms with E-state index in [1.807, 2.05) is 19.0 Å². The molecule has 1 aliphatic heterocycles. The highest BCUT2D eigenvalue weighted by atomic mass is 16.2. The first-order chi connectivity index (χ1) is 11.1. The van der Waals surface area contributed by atoms with Crippen molar-refractivity contribution in [3.63, 3.8) is 0 Å². The minimum atomic E-state index is -0.225. The van der Waals surface area contributed by atoms with E-state index in [4.69, 9.17) is 0 Å². The Kier molecular flexibility index (Phi) is 6.52. The van der Waals surface area contributed by atoms with Crippen molar-refractivity contribution in [2.75, 3.05) is 40.3 Å². The number of carbonyl (C=O) groups is 2. The van der Waals surface area contributed by atoms with E-state index in [1.54, 1.807) is 12.1 Å². The van der Waals surface area contributed by atoms with Crippen LogP contribution in [0.5, 0.6) is 0 Å². The van der Waals surface area contributed by atoms with E-state index in [2.05, 4.69) is 15.2 Å². The van der Waals surface area contributed by atoms with E-state index in [-0.39, 0.29) is 11.8 Å². The van der Waals surface area contributed by atoms with Crippen LogP contribution in [0.2, 0.25) is 0 Å². The number of piperidine rings is 1. The van der Waals surface area contributed by atoms with Gasteiger partial charge in [-0.15, -0.1) is 0 Å². The lowest BCUT2D eigenvalue weighted by molar-refractivity contribution is 0.0724. The number of pyridine rings is 1. The molecule has 2 amide bonds. The lowest BCUT2D eigenvalue weighted by atomic mass is 10.1. The van der Waals surface area contributed by atoms with Gasteiger partial charge in [0.05, 0.1) is 0 Å². The van der Waals surface area contributed by atoms with Crippen LogP contribution in [0.1, 0.15) is 46.5 Å². The van der Waals surface area contributed by atoms with Gasteiger partial charge in [-0.05, 0) is 58.5 Å². The van der Waals surface area contributed by atoms with Crippen molar-refractivity contribution in [3.8, 4) is 0 Å². The van der Waals surface area contributed by atoms with Gasteiger partial charge in [0.25, 0.3) is 11.8 Å². The van der Waals surface area contributed by atoms with E-state index < -0.39 is 0 Å². The summed E-state index contributed by atoms with van der Waals surface area (Å²) in [6.45, 7) is 3.12. The smallest absolute Gasteiger partial charge is 0.269 e. The second-order valence-corrected chi connectivity index (χ2v) is 6.20. The van der Waals surface area contributed by atoms with Gasteiger partial charge in [0.2, 0.25) is 0 Å². The molecule has 0 unspecified atom stereocenters. The van der Waals surface area contributed by atoms with Crippen molar-refractivity contribution in [2.45, 2.75) is 25.7 Å². The number of likely N-dealkylation sites (tertiary alicyclic amines) is 1. The fourth-order valence-electron chi connectivity index (χ4n) is 2.66. The van der Waals surface area contributed by atoms with Crippen molar-refractivity contribution >= 4 is 11.8 Å². The Morgan fingerprint density at radius 3 is 2.70 bits per heavy atom. The van der Waals surface area contributed by atoms with Crippen LogP contribution < -0.4 is 5.32 Å². The van der Waals surface area contributed by atoms with E-state index in [0.717, 1.165) is 38.9 Å². The second-order valence-electron chi connectivity index (χ2n) is 6.20. The minimum absolute atomic E-state index is 0.00578. The number of amides is 2. The zero-order valence-electron chi connectivity index (χ0n) is 14.0. The molecule has 1 aliphatic rings. The first-order valence-electron chi connectivity index (χ1n) is 8.26. The number of hydrogen-bond acceptors (Lipinski definition) is 4. The van der Waals surface area contributed by atoms with Gasteiger partial charge in [-0.3, -0.25) is 14.6 Å². The molecule has 1 saturated heterocycles. The molecule has 6 nitrogen and oxygen atoms in total. The van der Waals surface area contributed by atoms with Crippen LogP contribution in [-0.4, -0.2) is 66.9 Å². The van der Waals surface area contributed by atoms with Gasteiger partial charge in [0.1, 0.15) is 5.69 Å². The molecular weight excluding hydrogens is 292 g/mol. The highest BCUT2D eigenvalue weighted by molar-refractivity contribution is 5.98. The summed E-state index contributed by atoms with van der Waals surface area (Å²) in [4.78, 5) is 32.6. The highest BCUT2D eigenvalue weighted by Crippen LogP contribution is 2.13. The number of carbonyl (C=O) groups excluding carboxylic acids is 2. The molecule has 1 N–H and O–H groups in total. The third kappa shape index (κ3) is 5.32. The number of aromatic nitrogens is 1. The summed E-state index contributed by atoms with van der Waals surface area (Å²) in [7, 11) is 4.00. The van der Waals surface area contributed by atoms with Gasteiger partial charge in [0.15, 0.2) is 0 Å².